The van der Waals surface area contributed by atoms with E-state index in [-0.39, 0.29) is 11.6 Å². The van der Waals surface area contributed by atoms with Gasteiger partial charge in [-0.1, -0.05) is 0 Å². The lowest BCUT2D eigenvalue weighted by Gasteiger charge is -2.12. The molecule has 0 atom stereocenters. The fourth-order valence-corrected chi connectivity index (χ4v) is 1.88. The second-order valence-electron chi connectivity index (χ2n) is 4.47. The Morgan fingerprint density at radius 3 is 2.58 bits per heavy atom. The van der Waals surface area contributed by atoms with Crippen molar-refractivity contribution < 1.29 is 9.72 Å². The standard InChI is InChI=1S/C13H13N3O3/c1-8-6-11(13(17)15(2)3)10-7-9(16(18)19)4-5-12(10)14-8/h4-7H,1-3H3. The first kappa shape index (κ1) is 12.9. The number of hydrogen-bond donors (Lipinski definition) is 0. The van der Waals surface area contributed by atoms with Gasteiger partial charge in [0, 0.05) is 37.3 Å². The third-order valence-electron chi connectivity index (χ3n) is 2.77. The number of nitrogens with zero attached hydrogens (tertiary/aromatic N) is 3. The van der Waals surface area contributed by atoms with Crippen LogP contribution in [0, 0.1) is 17.0 Å². The molecule has 0 N–H and O–H groups in total. The molecular weight excluding hydrogens is 246 g/mol. The summed E-state index contributed by atoms with van der Waals surface area (Å²) in [7, 11) is 3.28. The van der Waals surface area contributed by atoms with E-state index in [1.807, 2.05) is 0 Å². The minimum absolute atomic E-state index is 0.0500. The highest BCUT2D eigenvalue weighted by atomic mass is 16.6. The summed E-state index contributed by atoms with van der Waals surface area (Å²) in [5.41, 5.74) is 1.66. The van der Waals surface area contributed by atoms with Crippen LogP contribution in [0.25, 0.3) is 10.9 Å². The highest BCUT2D eigenvalue weighted by molar-refractivity contribution is 6.06. The first-order chi connectivity index (χ1) is 8.90. The normalized spacial score (nSPS) is 10.5. The van der Waals surface area contributed by atoms with E-state index >= 15 is 0 Å². The molecule has 0 spiro atoms. The Bertz CT molecular complexity index is 680. The average molecular weight is 259 g/mol. The van der Waals surface area contributed by atoms with E-state index < -0.39 is 4.92 Å². The summed E-state index contributed by atoms with van der Waals surface area (Å²) in [4.78, 5) is 28.2. The largest absolute Gasteiger partial charge is 0.345 e. The molecule has 19 heavy (non-hydrogen) atoms. The second-order valence-corrected chi connectivity index (χ2v) is 4.47. The number of benzene rings is 1. The van der Waals surface area contributed by atoms with Gasteiger partial charge in [-0.25, -0.2) is 0 Å². The van der Waals surface area contributed by atoms with Crippen LogP contribution in [0.1, 0.15) is 16.1 Å². The maximum atomic E-state index is 12.1. The third kappa shape index (κ3) is 2.37. The number of carbonyl (C=O) groups excluding carboxylic acids is 1. The van der Waals surface area contributed by atoms with Crippen LogP contribution >= 0.6 is 0 Å². The molecule has 0 radical (unpaired) electrons. The van der Waals surface area contributed by atoms with Crippen LogP contribution < -0.4 is 0 Å². The van der Waals surface area contributed by atoms with Gasteiger partial charge in [0.1, 0.15) is 0 Å². The second kappa shape index (κ2) is 4.64. The van der Waals surface area contributed by atoms with E-state index in [1.54, 1.807) is 33.2 Å². The van der Waals surface area contributed by atoms with Crippen LogP contribution in [0.3, 0.4) is 0 Å². The molecule has 0 aliphatic heterocycles. The van der Waals surface area contributed by atoms with E-state index in [0.29, 0.717) is 22.2 Å². The highest BCUT2D eigenvalue weighted by Gasteiger charge is 2.16. The van der Waals surface area contributed by atoms with Crippen molar-refractivity contribution in [3.8, 4) is 0 Å². The Balaban J connectivity index is 2.76. The fourth-order valence-electron chi connectivity index (χ4n) is 1.88. The molecule has 2 aromatic rings. The topological polar surface area (TPSA) is 76.3 Å². The zero-order chi connectivity index (χ0) is 14.2. The summed E-state index contributed by atoms with van der Waals surface area (Å²) in [6.07, 6.45) is 0. The van der Waals surface area contributed by atoms with Gasteiger partial charge >= 0.3 is 0 Å². The Kier molecular flexibility index (Phi) is 3.16. The van der Waals surface area contributed by atoms with Gasteiger partial charge in [0.15, 0.2) is 0 Å². The van der Waals surface area contributed by atoms with Gasteiger partial charge in [-0.3, -0.25) is 19.9 Å². The zero-order valence-corrected chi connectivity index (χ0v) is 10.9. The Morgan fingerprint density at radius 2 is 2.00 bits per heavy atom. The number of nitro groups is 1. The number of rotatable bonds is 2. The predicted molar refractivity (Wildman–Crippen MR) is 71.2 cm³/mol. The molecule has 0 saturated heterocycles. The van der Waals surface area contributed by atoms with E-state index in [2.05, 4.69) is 4.98 Å². The maximum Gasteiger partial charge on any atom is 0.270 e. The quantitative estimate of drug-likeness (QED) is 0.611. The van der Waals surface area contributed by atoms with Crippen molar-refractivity contribution in [3.63, 3.8) is 0 Å². The molecule has 6 heteroatoms. The molecule has 1 heterocycles. The summed E-state index contributed by atoms with van der Waals surface area (Å²) in [6.45, 7) is 1.79. The summed E-state index contributed by atoms with van der Waals surface area (Å²) in [5, 5.41) is 11.3. The van der Waals surface area contributed by atoms with Crippen LogP contribution in [0.15, 0.2) is 24.3 Å². The molecule has 1 amide bonds. The van der Waals surface area contributed by atoms with Gasteiger partial charge in [0.2, 0.25) is 0 Å². The van der Waals surface area contributed by atoms with Gasteiger partial charge in [0.25, 0.3) is 11.6 Å². The fraction of sp³-hybridized carbons (Fsp3) is 0.231. The molecule has 0 fully saturated rings. The van der Waals surface area contributed by atoms with Gasteiger partial charge in [-0.2, -0.15) is 0 Å². The predicted octanol–water partition coefficient (Wildman–Crippen LogP) is 2.15. The Hall–Kier alpha value is -2.50. The number of aryl methyl sites for hydroxylation is 1. The number of non-ortho nitro benzene ring substituents is 1. The Morgan fingerprint density at radius 1 is 1.32 bits per heavy atom. The van der Waals surface area contributed by atoms with Crippen LogP contribution in [0.2, 0.25) is 0 Å². The molecular formula is C13H13N3O3. The number of nitro benzene ring substituents is 1. The van der Waals surface area contributed by atoms with Crippen molar-refractivity contribution in [2.24, 2.45) is 0 Å². The van der Waals surface area contributed by atoms with Crippen LogP contribution in [-0.2, 0) is 0 Å². The molecule has 0 unspecified atom stereocenters. The van der Waals surface area contributed by atoms with Crippen molar-refractivity contribution >= 4 is 22.5 Å². The van der Waals surface area contributed by atoms with Gasteiger partial charge in [-0.15, -0.1) is 0 Å². The number of hydrogen-bond acceptors (Lipinski definition) is 4. The minimum atomic E-state index is -0.483. The smallest absolute Gasteiger partial charge is 0.270 e. The van der Waals surface area contributed by atoms with Crippen molar-refractivity contribution in [1.82, 2.24) is 9.88 Å². The lowest BCUT2D eigenvalue weighted by molar-refractivity contribution is -0.384. The highest BCUT2D eigenvalue weighted by Crippen LogP contribution is 2.24. The summed E-state index contributed by atoms with van der Waals surface area (Å²) in [5.74, 6) is -0.198. The average Bonchev–Trinajstić information content (AvgIpc) is 2.35. The SMILES string of the molecule is Cc1cc(C(=O)N(C)C)c2cc([N+](=O)[O-])ccc2n1. The third-order valence-corrected chi connectivity index (χ3v) is 2.77. The molecule has 6 nitrogen and oxygen atoms in total. The molecule has 98 valence electrons. The zero-order valence-electron chi connectivity index (χ0n) is 10.9. The van der Waals surface area contributed by atoms with E-state index in [1.165, 1.54) is 17.0 Å². The molecule has 0 bridgehead atoms. The van der Waals surface area contributed by atoms with Crippen molar-refractivity contribution in [3.05, 3.63) is 45.6 Å². The molecule has 1 aromatic heterocycles. The monoisotopic (exact) mass is 259 g/mol. The van der Waals surface area contributed by atoms with Crippen molar-refractivity contribution in [1.29, 1.82) is 0 Å². The van der Waals surface area contributed by atoms with Crippen LogP contribution in [0.4, 0.5) is 5.69 Å². The summed E-state index contributed by atoms with van der Waals surface area (Å²) < 4.78 is 0. The van der Waals surface area contributed by atoms with E-state index in [4.69, 9.17) is 0 Å². The number of amides is 1. The van der Waals surface area contributed by atoms with E-state index in [9.17, 15) is 14.9 Å². The minimum Gasteiger partial charge on any atom is -0.345 e. The number of fused-ring (bicyclic) bond motifs is 1. The molecule has 2 rings (SSSR count). The number of carbonyl (C=O) groups is 1. The summed E-state index contributed by atoms with van der Waals surface area (Å²) >= 11 is 0. The lowest BCUT2D eigenvalue weighted by Crippen LogP contribution is -2.22. The number of pyridine rings is 1. The first-order valence-electron chi connectivity index (χ1n) is 5.67. The van der Waals surface area contributed by atoms with Crippen LogP contribution in [0.5, 0.6) is 0 Å². The number of aromatic nitrogens is 1. The Labute approximate surface area is 109 Å². The molecule has 0 saturated carbocycles. The van der Waals surface area contributed by atoms with E-state index in [0.717, 1.165) is 0 Å². The van der Waals surface area contributed by atoms with Crippen molar-refractivity contribution in [2.75, 3.05) is 14.1 Å². The molecule has 0 aliphatic rings. The molecule has 0 aliphatic carbocycles. The van der Waals surface area contributed by atoms with Crippen molar-refractivity contribution in [2.45, 2.75) is 6.92 Å². The van der Waals surface area contributed by atoms with Crippen LogP contribution in [-0.4, -0.2) is 34.8 Å². The van der Waals surface area contributed by atoms with Gasteiger partial charge in [0.05, 0.1) is 16.0 Å². The molecule has 1 aromatic carbocycles. The maximum absolute atomic E-state index is 12.1. The summed E-state index contributed by atoms with van der Waals surface area (Å²) in [6, 6.07) is 5.98. The first-order valence-corrected chi connectivity index (χ1v) is 5.67. The lowest BCUT2D eigenvalue weighted by atomic mass is 10.1. The van der Waals surface area contributed by atoms with Gasteiger partial charge < -0.3 is 4.90 Å². The van der Waals surface area contributed by atoms with Gasteiger partial charge in [-0.05, 0) is 19.1 Å².